The molecule has 0 atom stereocenters. The predicted molar refractivity (Wildman–Crippen MR) is 55.6 cm³/mol. The van der Waals surface area contributed by atoms with Gasteiger partial charge in [0.15, 0.2) is 0 Å². The zero-order chi connectivity index (χ0) is 10.5. The van der Waals surface area contributed by atoms with Crippen molar-refractivity contribution in [3.63, 3.8) is 0 Å². The normalized spacial score (nSPS) is 17.5. The number of hydrogen-bond acceptors (Lipinski definition) is 5. The van der Waals surface area contributed by atoms with E-state index in [0.29, 0.717) is 5.69 Å². The van der Waals surface area contributed by atoms with Crippen LogP contribution in [0.25, 0.3) is 0 Å². The van der Waals surface area contributed by atoms with E-state index in [4.69, 9.17) is 9.84 Å². The highest BCUT2D eigenvalue weighted by Crippen LogP contribution is 2.11. The zero-order valence-corrected chi connectivity index (χ0v) is 8.59. The Labute approximate surface area is 88.7 Å². The average Bonchev–Trinajstić information content (AvgIpc) is 2.58. The van der Waals surface area contributed by atoms with Crippen molar-refractivity contribution >= 4 is 5.82 Å². The Morgan fingerprint density at radius 1 is 1.33 bits per heavy atom. The standard InChI is InChI=1S/C10H15N3O2/c14-8-9-6-11-7-10(12-9)13-2-1-4-15-5-3-13/h6-7,14H,1-5,8H2. The molecule has 1 N–H and O–H groups in total. The molecule has 1 aliphatic rings. The fourth-order valence-electron chi connectivity index (χ4n) is 1.60. The van der Waals surface area contributed by atoms with Gasteiger partial charge in [0.05, 0.1) is 31.3 Å². The van der Waals surface area contributed by atoms with Gasteiger partial charge in [-0.15, -0.1) is 0 Å². The molecule has 0 aromatic carbocycles. The Morgan fingerprint density at radius 3 is 3.13 bits per heavy atom. The highest BCUT2D eigenvalue weighted by Gasteiger charge is 2.11. The predicted octanol–water partition coefficient (Wildman–Crippen LogP) is 0.196. The molecule has 2 heterocycles. The molecule has 1 fully saturated rings. The number of aliphatic hydroxyl groups is 1. The fourth-order valence-corrected chi connectivity index (χ4v) is 1.60. The molecule has 1 saturated heterocycles. The van der Waals surface area contributed by atoms with Crippen LogP contribution in [0, 0.1) is 0 Å². The van der Waals surface area contributed by atoms with Crippen LogP contribution in [0.3, 0.4) is 0 Å². The van der Waals surface area contributed by atoms with Crippen molar-refractivity contribution < 1.29 is 9.84 Å². The molecule has 5 nitrogen and oxygen atoms in total. The minimum atomic E-state index is -0.0643. The molecule has 0 spiro atoms. The molecule has 0 saturated carbocycles. The summed E-state index contributed by atoms with van der Waals surface area (Å²) in [7, 11) is 0. The van der Waals surface area contributed by atoms with Crippen LogP contribution in [0.4, 0.5) is 5.82 Å². The van der Waals surface area contributed by atoms with Crippen LogP contribution in [0.15, 0.2) is 12.4 Å². The van der Waals surface area contributed by atoms with Crippen LogP contribution in [0.2, 0.25) is 0 Å². The average molecular weight is 209 g/mol. The summed E-state index contributed by atoms with van der Waals surface area (Å²) in [5.41, 5.74) is 0.609. The van der Waals surface area contributed by atoms with Gasteiger partial charge >= 0.3 is 0 Å². The Bertz CT molecular complexity index is 311. The summed E-state index contributed by atoms with van der Waals surface area (Å²) in [5.74, 6) is 0.826. The number of nitrogens with zero attached hydrogens (tertiary/aromatic N) is 3. The third-order valence-electron chi connectivity index (χ3n) is 2.38. The summed E-state index contributed by atoms with van der Waals surface area (Å²) in [6, 6.07) is 0. The minimum absolute atomic E-state index is 0.0643. The van der Waals surface area contributed by atoms with Crippen molar-refractivity contribution in [1.82, 2.24) is 9.97 Å². The van der Waals surface area contributed by atoms with Gasteiger partial charge in [0.25, 0.3) is 0 Å². The van der Waals surface area contributed by atoms with Crippen LogP contribution >= 0.6 is 0 Å². The molecular weight excluding hydrogens is 194 g/mol. The lowest BCUT2D eigenvalue weighted by Crippen LogP contribution is -2.27. The van der Waals surface area contributed by atoms with Crippen molar-refractivity contribution in [2.75, 3.05) is 31.2 Å². The Balaban J connectivity index is 2.12. The first-order valence-corrected chi connectivity index (χ1v) is 5.14. The molecule has 5 heteroatoms. The summed E-state index contributed by atoms with van der Waals surface area (Å²) in [5, 5.41) is 8.97. The first kappa shape index (κ1) is 10.3. The Kier molecular flexibility index (Phi) is 3.47. The molecule has 82 valence electrons. The third kappa shape index (κ3) is 2.64. The first-order valence-electron chi connectivity index (χ1n) is 5.14. The molecule has 0 unspecified atom stereocenters. The summed E-state index contributed by atoms with van der Waals surface area (Å²) < 4.78 is 5.36. The molecule has 0 aliphatic carbocycles. The number of ether oxygens (including phenoxy) is 1. The molecule has 1 aromatic rings. The number of anilines is 1. The first-order chi connectivity index (χ1) is 7.40. The van der Waals surface area contributed by atoms with E-state index in [1.54, 1.807) is 12.4 Å². The Hall–Kier alpha value is -1.20. The van der Waals surface area contributed by atoms with Crippen molar-refractivity contribution in [2.45, 2.75) is 13.0 Å². The summed E-state index contributed by atoms with van der Waals surface area (Å²) >= 11 is 0. The van der Waals surface area contributed by atoms with Gasteiger partial charge in [-0.1, -0.05) is 0 Å². The summed E-state index contributed by atoms with van der Waals surface area (Å²) in [6.45, 7) is 3.24. The van der Waals surface area contributed by atoms with E-state index < -0.39 is 0 Å². The van der Waals surface area contributed by atoms with Gasteiger partial charge in [0.1, 0.15) is 5.82 Å². The minimum Gasteiger partial charge on any atom is -0.390 e. The highest BCUT2D eigenvalue weighted by atomic mass is 16.5. The van der Waals surface area contributed by atoms with Gasteiger partial charge < -0.3 is 14.7 Å². The molecule has 0 amide bonds. The van der Waals surface area contributed by atoms with E-state index in [2.05, 4.69) is 14.9 Å². The number of aromatic nitrogens is 2. The zero-order valence-electron chi connectivity index (χ0n) is 8.59. The van der Waals surface area contributed by atoms with E-state index in [1.165, 1.54) is 0 Å². The van der Waals surface area contributed by atoms with Crippen molar-refractivity contribution in [3.05, 3.63) is 18.1 Å². The lowest BCUT2D eigenvalue weighted by molar-refractivity contribution is 0.152. The molecule has 2 rings (SSSR count). The van der Waals surface area contributed by atoms with Crippen molar-refractivity contribution in [3.8, 4) is 0 Å². The molecular formula is C10H15N3O2. The second kappa shape index (κ2) is 5.04. The summed E-state index contributed by atoms with van der Waals surface area (Å²) in [4.78, 5) is 10.5. The maximum Gasteiger partial charge on any atom is 0.147 e. The van der Waals surface area contributed by atoms with E-state index in [-0.39, 0.29) is 6.61 Å². The van der Waals surface area contributed by atoms with Gasteiger partial charge in [-0.05, 0) is 6.42 Å². The second-order valence-electron chi connectivity index (χ2n) is 3.48. The second-order valence-corrected chi connectivity index (χ2v) is 3.48. The van der Waals surface area contributed by atoms with Crippen LogP contribution < -0.4 is 4.90 Å². The number of aliphatic hydroxyl groups excluding tert-OH is 1. The van der Waals surface area contributed by atoms with Gasteiger partial charge in [-0.2, -0.15) is 0 Å². The molecule has 0 radical (unpaired) electrons. The van der Waals surface area contributed by atoms with Gasteiger partial charge in [-0.25, -0.2) is 4.98 Å². The van der Waals surface area contributed by atoms with Crippen LogP contribution in [0.1, 0.15) is 12.1 Å². The van der Waals surface area contributed by atoms with E-state index in [9.17, 15) is 0 Å². The van der Waals surface area contributed by atoms with Crippen LogP contribution in [-0.4, -0.2) is 41.4 Å². The summed E-state index contributed by atoms with van der Waals surface area (Å²) in [6.07, 6.45) is 4.31. The SMILES string of the molecule is OCc1cncc(N2CCCOCC2)n1. The highest BCUT2D eigenvalue weighted by molar-refractivity contribution is 5.36. The van der Waals surface area contributed by atoms with Gasteiger partial charge in [-0.3, -0.25) is 4.98 Å². The lowest BCUT2D eigenvalue weighted by atomic mass is 10.4. The fraction of sp³-hybridized carbons (Fsp3) is 0.600. The quantitative estimate of drug-likeness (QED) is 0.753. The smallest absolute Gasteiger partial charge is 0.147 e. The monoisotopic (exact) mass is 209 g/mol. The van der Waals surface area contributed by atoms with Crippen molar-refractivity contribution in [2.24, 2.45) is 0 Å². The third-order valence-corrected chi connectivity index (χ3v) is 2.38. The topological polar surface area (TPSA) is 58.5 Å². The maximum atomic E-state index is 8.97. The number of hydrogen-bond donors (Lipinski definition) is 1. The van der Waals surface area contributed by atoms with E-state index in [1.807, 2.05) is 0 Å². The van der Waals surface area contributed by atoms with Gasteiger partial charge in [0.2, 0.25) is 0 Å². The van der Waals surface area contributed by atoms with Crippen molar-refractivity contribution in [1.29, 1.82) is 0 Å². The number of rotatable bonds is 2. The Morgan fingerprint density at radius 2 is 2.27 bits per heavy atom. The molecule has 1 aliphatic heterocycles. The van der Waals surface area contributed by atoms with Crippen LogP contribution in [-0.2, 0) is 11.3 Å². The molecule has 0 bridgehead atoms. The molecule has 1 aromatic heterocycles. The van der Waals surface area contributed by atoms with Gasteiger partial charge in [0, 0.05) is 19.7 Å². The largest absolute Gasteiger partial charge is 0.390 e. The lowest BCUT2D eigenvalue weighted by Gasteiger charge is -2.20. The van der Waals surface area contributed by atoms with Crippen LogP contribution in [0.5, 0.6) is 0 Å². The molecule has 15 heavy (non-hydrogen) atoms. The van der Waals surface area contributed by atoms with E-state index in [0.717, 1.165) is 38.5 Å². The maximum absolute atomic E-state index is 8.97. The van der Waals surface area contributed by atoms with E-state index >= 15 is 0 Å².